The summed E-state index contributed by atoms with van der Waals surface area (Å²) in [7, 11) is 0. The van der Waals surface area contributed by atoms with E-state index in [-0.39, 0.29) is 0 Å². The molecule has 0 aliphatic carbocycles. The third-order valence-electron chi connectivity index (χ3n) is 2.80. The molecule has 1 saturated heterocycles. The van der Waals surface area contributed by atoms with Crippen molar-refractivity contribution in [1.82, 2.24) is 4.90 Å². The minimum Gasteiger partial charge on any atom is -0.368 e. The van der Waals surface area contributed by atoms with Crippen molar-refractivity contribution in [3.63, 3.8) is 0 Å². The van der Waals surface area contributed by atoms with Crippen molar-refractivity contribution >= 4 is 6.29 Å². The second-order valence-corrected chi connectivity index (χ2v) is 3.55. The minimum atomic E-state index is -0.472. The van der Waals surface area contributed by atoms with Gasteiger partial charge in [0, 0.05) is 19.7 Å². The van der Waals surface area contributed by atoms with Crippen molar-refractivity contribution in [2.24, 2.45) is 0 Å². The van der Waals surface area contributed by atoms with E-state index in [0.29, 0.717) is 6.61 Å². The Bertz CT molecular complexity index is 162. The second kappa shape index (κ2) is 4.72. The quantitative estimate of drug-likeness (QED) is 0.614. The maximum Gasteiger partial charge on any atom is 0.151 e. The molecule has 0 amide bonds. The Labute approximate surface area is 80.1 Å². The van der Waals surface area contributed by atoms with Gasteiger partial charge in [-0.05, 0) is 26.3 Å². The number of carbonyl (C=O) groups excluding carboxylic acids is 1. The Hall–Kier alpha value is -0.410. The summed E-state index contributed by atoms with van der Waals surface area (Å²) in [5.74, 6) is 0. The van der Waals surface area contributed by atoms with Gasteiger partial charge in [0.25, 0.3) is 0 Å². The minimum absolute atomic E-state index is 0.472. The molecule has 0 atom stereocenters. The van der Waals surface area contributed by atoms with E-state index in [0.717, 1.165) is 38.8 Å². The van der Waals surface area contributed by atoms with Gasteiger partial charge in [-0.3, -0.25) is 0 Å². The van der Waals surface area contributed by atoms with Crippen LogP contribution in [0.5, 0.6) is 0 Å². The summed E-state index contributed by atoms with van der Waals surface area (Å²) in [6.07, 6.45) is 2.68. The van der Waals surface area contributed by atoms with Crippen molar-refractivity contribution in [2.75, 3.05) is 26.2 Å². The standard InChI is InChI=1S/C10H19NO2/c1-3-11-7-5-10(9-12,6-8-11)13-4-2/h9H,3-8H2,1-2H3. The van der Waals surface area contributed by atoms with Gasteiger partial charge in [0.15, 0.2) is 6.29 Å². The third kappa shape index (κ3) is 2.51. The van der Waals surface area contributed by atoms with Crippen molar-refractivity contribution in [2.45, 2.75) is 32.3 Å². The number of hydrogen-bond donors (Lipinski definition) is 0. The monoisotopic (exact) mass is 185 g/mol. The molecule has 0 aromatic heterocycles. The van der Waals surface area contributed by atoms with E-state index in [2.05, 4.69) is 11.8 Å². The van der Waals surface area contributed by atoms with E-state index in [1.165, 1.54) is 0 Å². The van der Waals surface area contributed by atoms with E-state index < -0.39 is 5.60 Å². The summed E-state index contributed by atoms with van der Waals surface area (Å²) in [6, 6.07) is 0. The first-order chi connectivity index (χ1) is 6.26. The zero-order valence-corrected chi connectivity index (χ0v) is 8.58. The molecule has 0 bridgehead atoms. The lowest BCUT2D eigenvalue weighted by molar-refractivity contribution is -0.137. The zero-order chi connectivity index (χ0) is 9.73. The van der Waals surface area contributed by atoms with Gasteiger partial charge in [0.2, 0.25) is 0 Å². The molecule has 0 unspecified atom stereocenters. The van der Waals surface area contributed by atoms with Crippen LogP contribution in [0.4, 0.5) is 0 Å². The van der Waals surface area contributed by atoms with Gasteiger partial charge >= 0.3 is 0 Å². The average molecular weight is 185 g/mol. The largest absolute Gasteiger partial charge is 0.368 e. The molecular weight excluding hydrogens is 166 g/mol. The van der Waals surface area contributed by atoms with Gasteiger partial charge < -0.3 is 14.4 Å². The lowest BCUT2D eigenvalue weighted by Crippen LogP contribution is -2.47. The first-order valence-electron chi connectivity index (χ1n) is 5.09. The molecule has 13 heavy (non-hydrogen) atoms. The molecular formula is C10H19NO2. The Morgan fingerprint density at radius 2 is 2.00 bits per heavy atom. The highest BCUT2D eigenvalue weighted by molar-refractivity contribution is 5.62. The Kier molecular flexibility index (Phi) is 3.88. The van der Waals surface area contributed by atoms with Crippen molar-refractivity contribution in [1.29, 1.82) is 0 Å². The smallest absolute Gasteiger partial charge is 0.151 e. The molecule has 0 spiro atoms. The topological polar surface area (TPSA) is 29.5 Å². The fourth-order valence-electron chi connectivity index (χ4n) is 1.83. The maximum absolute atomic E-state index is 10.9. The van der Waals surface area contributed by atoms with Crippen LogP contribution >= 0.6 is 0 Å². The average Bonchev–Trinajstić information content (AvgIpc) is 2.19. The van der Waals surface area contributed by atoms with Crippen LogP contribution in [0.15, 0.2) is 0 Å². The molecule has 0 radical (unpaired) electrons. The van der Waals surface area contributed by atoms with E-state index in [9.17, 15) is 4.79 Å². The van der Waals surface area contributed by atoms with Crippen LogP contribution in [0.1, 0.15) is 26.7 Å². The lowest BCUT2D eigenvalue weighted by atomic mass is 9.93. The number of rotatable bonds is 4. The van der Waals surface area contributed by atoms with Crippen molar-refractivity contribution < 1.29 is 9.53 Å². The predicted molar refractivity (Wildman–Crippen MR) is 51.8 cm³/mol. The number of hydrogen-bond acceptors (Lipinski definition) is 3. The highest BCUT2D eigenvalue weighted by atomic mass is 16.5. The number of ether oxygens (including phenoxy) is 1. The van der Waals surface area contributed by atoms with E-state index in [1.54, 1.807) is 0 Å². The molecule has 0 aromatic rings. The molecule has 1 rings (SSSR count). The molecule has 3 heteroatoms. The Morgan fingerprint density at radius 1 is 1.38 bits per heavy atom. The van der Waals surface area contributed by atoms with Crippen LogP contribution in [0.3, 0.4) is 0 Å². The van der Waals surface area contributed by atoms with Gasteiger partial charge in [-0.25, -0.2) is 0 Å². The molecule has 0 N–H and O–H groups in total. The molecule has 1 aliphatic rings. The molecule has 76 valence electrons. The van der Waals surface area contributed by atoms with Gasteiger partial charge in [-0.15, -0.1) is 0 Å². The Balaban J connectivity index is 2.47. The van der Waals surface area contributed by atoms with Crippen molar-refractivity contribution in [3.8, 4) is 0 Å². The van der Waals surface area contributed by atoms with Crippen LogP contribution < -0.4 is 0 Å². The van der Waals surface area contributed by atoms with Crippen molar-refractivity contribution in [3.05, 3.63) is 0 Å². The summed E-state index contributed by atoms with van der Waals surface area (Å²) < 4.78 is 5.52. The van der Waals surface area contributed by atoms with E-state index in [4.69, 9.17) is 4.74 Å². The maximum atomic E-state index is 10.9. The molecule has 1 aliphatic heterocycles. The highest BCUT2D eigenvalue weighted by Crippen LogP contribution is 2.23. The van der Waals surface area contributed by atoms with Gasteiger partial charge in [0.05, 0.1) is 0 Å². The summed E-state index contributed by atoms with van der Waals surface area (Å²) >= 11 is 0. The van der Waals surface area contributed by atoms with E-state index in [1.807, 2.05) is 6.92 Å². The first kappa shape index (κ1) is 10.7. The van der Waals surface area contributed by atoms with Crippen LogP contribution in [0.25, 0.3) is 0 Å². The molecule has 3 nitrogen and oxygen atoms in total. The molecule has 1 heterocycles. The number of piperidine rings is 1. The second-order valence-electron chi connectivity index (χ2n) is 3.55. The highest BCUT2D eigenvalue weighted by Gasteiger charge is 2.34. The van der Waals surface area contributed by atoms with Crippen LogP contribution in [0, 0.1) is 0 Å². The molecule has 0 saturated carbocycles. The summed E-state index contributed by atoms with van der Waals surface area (Å²) in [5.41, 5.74) is -0.472. The summed E-state index contributed by atoms with van der Waals surface area (Å²) in [5, 5.41) is 0. The fraction of sp³-hybridized carbons (Fsp3) is 0.900. The Morgan fingerprint density at radius 3 is 2.38 bits per heavy atom. The zero-order valence-electron chi connectivity index (χ0n) is 8.58. The summed E-state index contributed by atoms with van der Waals surface area (Å²) in [4.78, 5) is 13.3. The van der Waals surface area contributed by atoms with Crippen LogP contribution in [-0.2, 0) is 9.53 Å². The summed E-state index contributed by atoms with van der Waals surface area (Å²) in [6.45, 7) is 7.75. The third-order valence-corrected chi connectivity index (χ3v) is 2.80. The SMILES string of the molecule is CCOC1(C=O)CCN(CC)CC1. The van der Waals surface area contributed by atoms with Gasteiger partial charge in [0.1, 0.15) is 5.60 Å². The van der Waals surface area contributed by atoms with Crippen LogP contribution in [0.2, 0.25) is 0 Å². The lowest BCUT2D eigenvalue weighted by Gasteiger charge is -2.37. The van der Waals surface area contributed by atoms with Crippen LogP contribution in [-0.4, -0.2) is 43.0 Å². The van der Waals surface area contributed by atoms with Gasteiger partial charge in [-0.1, -0.05) is 6.92 Å². The molecule has 0 aromatic carbocycles. The number of aldehydes is 1. The van der Waals surface area contributed by atoms with Gasteiger partial charge in [-0.2, -0.15) is 0 Å². The predicted octanol–water partition coefficient (Wildman–Crippen LogP) is 1.08. The normalized spacial score (nSPS) is 22.9. The molecule has 1 fully saturated rings. The first-order valence-corrected chi connectivity index (χ1v) is 5.09. The number of likely N-dealkylation sites (tertiary alicyclic amines) is 1. The van der Waals surface area contributed by atoms with E-state index >= 15 is 0 Å². The number of carbonyl (C=O) groups is 1. The number of nitrogens with zero attached hydrogens (tertiary/aromatic N) is 1. The fourth-order valence-corrected chi connectivity index (χ4v) is 1.83.